The van der Waals surface area contributed by atoms with Crippen molar-refractivity contribution in [3.05, 3.63) is 53.7 Å². The third-order valence-corrected chi connectivity index (χ3v) is 4.02. The molecule has 3 aromatic rings. The van der Waals surface area contributed by atoms with Crippen LogP contribution in [0.15, 0.2) is 48.7 Å². The smallest absolute Gasteiger partial charge is 0.306 e. The van der Waals surface area contributed by atoms with Gasteiger partial charge in [-0.1, -0.05) is 29.8 Å². The number of hydrogen-bond donors (Lipinski definition) is 1. The molecular formula is C19H18ClN3O3. The molecule has 3 rings (SSSR count). The van der Waals surface area contributed by atoms with Crippen LogP contribution in [-0.2, 0) is 14.3 Å². The normalized spacial score (nSPS) is 10.7. The van der Waals surface area contributed by atoms with Gasteiger partial charge in [-0.05, 0) is 31.2 Å². The average molecular weight is 372 g/mol. The Morgan fingerprint density at radius 2 is 1.92 bits per heavy atom. The molecule has 0 aliphatic rings. The first kappa shape index (κ1) is 17.9. The number of anilines is 1. The van der Waals surface area contributed by atoms with Crippen molar-refractivity contribution in [2.75, 3.05) is 11.9 Å². The van der Waals surface area contributed by atoms with E-state index < -0.39 is 5.97 Å². The highest BCUT2D eigenvalue weighted by molar-refractivity contribution is 6.30. The number of amides is 1. The van der Waals surface area contributed by atoms with Crippen molar-refractivity contribution in [1.29, 1.82) is 0 Å². The van der Waals surface area contributed by atoms with Gasteiger partial charge < -0.3 is 10.1 Å². The lowest BCUT2D eigenvalue weighted by Crippen LogP contribution is -2.16. The van der Waals surface area contributed by atoms with Crippen LogP contribution in [0, 0.1) is 0 Å². The Bertz CT molecular complexity index is 935. The molecule has 1 amide bonds. The molecule has 1 aromatic carbocycles. The van der Waals surface area contributed by atoms with E-state index in [-0.39, 0.29) is 18.7 Å². The molecule has 26 heavy (non-hydrogen) atoms. The number of benzene rings is 1. The molecule has 0 spiro atoms. The number of fused-ring (bicyclic) bond motifs is 1. The number of imidazole rings is 1. The van der Waals surface area contributed by atoms with Crippen LogP contribution in [0.3, 0.4) is 0 Å². The highest BCUT2D eigenvalue weighted by Gasteiger charge is 2.17. The number of halogens is 1. The third-order valence-electron chi connectivity index (χ3n) is 3.77. The maximum atomic E-state index is 12.3. The van der Waals surface area contributed by atoms with Crippen LogP contribution in [0.4, 0.5) is 5.82 Å². The van der Waals surface area contributed by atoms with Crippen LogP contribution in [0.2, 0.25) is 5.02 Å². The van der Waals surface area contributed by atoms with E-state index in [2.05, 4.69) is 10.3 Å². The predicted molar refractivity (Wildman–Crippen MR) is 100 cm³/mol. The SMILES string of the molecule is CCOC(=O)CCC(=O)Nc1c(-c2ccc(Cl)cc2)nc2ccccn12. The van der Waals surface area contributed by atoms with E-state index >= 15 is 0 Å². The maximum absolute atomic E-state index is 12.3. The standard InChI is InChI=1S/C19H18ClN3O3/c1-2-26-17(25)11-10-16(24)22-19-18(13-6-8-14(20)9-7-13)21-15-5-3-4-12-23(15)19/h3-9,12H,2,10-11H2,1H3,(H,22,24). The van der Waals surface area contributed by atoms with Crippen molar-refractivity contribution in [3.8, 4) is 11.3 Å². The molecule has 0 unspecified atom stereocenters. The van der Waals surface area contributed by atoms with Crippen LogP contribution in [-0.4, -0.2) is 27.9 Å². The van der Waals surface area contributed by atoms with Crippen LogP contribution < -0.4 is 5.32 Å². The molecule has 7 heteroatoms. The van der Waals surface area contributed by atoms with Crippen LogP contribution in [0.25, 0.3) is 16.9 Å². The molecule has 0 radical (unpaired) electrons. The second-order valence-electron chi connectivity index (χ2n) is 5.60. The summed E-state index contributed by atoms with van der Waals surface area (Å²) in [7, 11) is 0. The van der Waals surface area contributed by atoms with Crippen molar-refractivity contribution in [1.82, 2.24) is 9.38 Å². The minimum absolute atomic E-state index is 0.0344. The minimum atomic E-state index is -0.390. The van der Waals surface area contributed by atoms with Gasteiger partial charge in [0, 0.05) is 23.2 Å². The van der Waals surface area contributed by atoms with Gasteiger partial charge in [0.05, 0.1) is 13.0 Å². The van der Waals surface area contributed by atoms with Crippen molar-refractivity contribution < 1.29 is 14.3 Å². The van der Waals surface area contributed by atoms with Gasteiger partial charge in [0.25, 0.3) is 0 Å². The van der Waals surface area contributed by atoms with E-state index in [4.69, 9.17) is 16.3 Å². The fourth-order valence-corrected chi connectivity index (χ4v) is 2.69. The number of carbonyl (C=O) groups excluding carboxylic acids is 2. The van der Waals surface area contributed by atoms with Crippen molar-refractivity contribution >= 4 is 34.9 Å². The summed E-state index contributed by atoms with van der Waals surface area (Å²) >= 11 is 5.96. The summed E-state index contributed by atoms with van der Waals surface area (Å²) in [5, 5.41) is 3.49. The lowest BCUT2D eigenvalue weighted by molar-refractivity contribution is -0.144. The number of nitrogens with one attached hydrogen (secondary N) is 1. The van der Waals surface area contributed by atoms with Gasteiger partial charge >= 0.3 is 5.97 Å². The number of rotatable bonds is 6. The molecule has 0 atom stereocenters. The zero-order valence-electron chi connectivity index (χ0n) is 14.2. The number of pyridine rings is 1. The van der Waals surface area contributed by atoms with Gasteiger partial charge in [0.1, 0.15) is 17.2 Å². The Labute approximate surface area is 155 Å². The molecule has 6 nitrogen and oxygen atoms in total. The van der Waals surface area contributed by atoms with Crippen LogP contribution in [0.1, 0.15) is 19.8 Å². The number of carbonyl (C=O) groups is 2. The second-order valence-corrected chi connectivity index (χ2v) is 6.03. The highest BCUT2D eigenvalue weighted by Crippen LogP contribution is 2.29. The summed E-state index contributed by atoms with van der Waals surface area (Å²) in [5.74, 6) is -0.116. The van der Waals surface area contributed by atoms with Crippen LogP contribution in [0.5, 0.6) is 0 Å². The van der Waals surface area contributed by atoms with E-state index in [1.165, 1.54) is 0 Å². The summed E-state index contributed by atoms with van der Waals surface area (Å²) < 4.78 is 6.65. The maximum Gasteiger partial charge on any atom is 0.306 e. The molecule has 0 aliphatic heterocycles. The van der Waals surface area contributed by atoms with E-state index in [9.17, 15) is 9.59 Å². The first-order valence-corrected chi connectivity index (χ1v) is 8.64. The van der Waals surface area contributed by atoms with Gasteiger partial charge in [-0.25, -0.2) is 4.98 Å². The molecule has 0 saturated heterocycles. The zero-order chi connectivity index (χ0) is 18.5. The number of aromatic nitrogens is 2. The van der Waals surface area contributed by atoms with Gasteiger partial charge in [0.2, 0.25) is 5.91 Å². The molecule has 2 aromatic heterocycles. The molecule has 2 heterocycles. The second kappa shape index (κ2) is 8.01. The highest BCUT2D eigenvalue weighted by atomic mass is 35.5. The van der Waals surface area contributed by atoms with Crippen molar-refractivity contribution in [3.63, 3.8) is 0 Å². The zero-order valence-corrected chi connectivity index (χ0v) is 15.0. The number of nitrogens with zero attached hydrogens (tertiary/aromatic N) is 2. The summed E-state index contributed by atoms with van der Waals surface area (Å²) in [6, 6.07) is 12.8. The topological polar surface area (TPSA) is 72.7 Å². The van der Waals surface area contributed by atoms with E-state index in [1.54, 1.807) is 23.5 Å². The summed E-state index contributed by atoms with van der Waals surface area (Å²) in [6.07, 6.45) is 1.90. The Morgan fingerprint density at radius 1 is 1.15 bits per heavy atom. The largest absolute Gasteiger partial charge is 0.466 e. The summed E-state index contributed by atoms with van der Waals surface area (Å²) in [4.78, 5) is 28.4. The molecule has 134 valence electrons. The van der Waals surface area contributed by atoms with Crippen molar-refractivity contribution in [2.24, 2.45) is 0 Å². The van der Waals surface area contributed by atoms with Crippen molar-refractivity contribution in [2.45, 2.75) is 19.8 Å². The molecule has 1 N–H and O–H groups in total. The third kappa shape index (κ3) is 4.03. The number of esters is 1. The summed E-state index contributed by atoms with van der Waals surface area (Å²) in [5.41, 5.74) is 2.18. The van der Waals surface area contributed by atoms with E-state index in [0.717, 1.165) is 5.56 Å². The van der Waals surface area contributed by atoms with Gasteiger partial charge in [-0.3, -0.25) is 14.0 Å². The number of hydrogen-bond acceptors (Lipinski definition) is 4. The van der Waals surface area contributed by atoms with Gasteiger partial charge in [-0.15, -0.1) is 0 Å². The molecular weight excluding hydrogens is 354 g/mol. The lowest BCUT2D eigenvalue weighted by Gasteiger charge is -2.08. The molecule has 0 saturated carbocycles. The Morgan fingerprint density at radius 3 is 2.65 bits per heavy atom. The molecule has 0 fully saturated rings. The van der Waals surface area contributed by atoms with E-state index in [0.29, 0.717) is 28.8 Å². The first-order chi connectivity index (χ1) is 12.6. The quantitative estimate of drug-likeness (QED) is 0.666. The number of ether oxygens (including phenoxy) is 1. The van der Waals surface area contributed by atoms with Gasteiger partial charge in [-0.2, -0.15) is 0 Å². The molecule has 0 aliphatic carbocycles. The monoisotopic (exact) mass is 371 g/mol. The fraction of sp³-hybridized carbons (Fsp3) is 0.211. The van der Waals surface area contributed by atoms with E-state index in [1.807, 2.05) is 36.5 Å². The Kier molecular flexibility index (Phi) is 5.53. The average Bonchev–Trinajstić information content (AvgIpc) is 2.99. The first-order valence-electron chi connectivity index (χ1n) is 8.27. The summed E-state index contributed by atoms with van der Waals surface area (Å²) in [6.45, 7) is 2.03. The minimum Gasteiger partial charge on any atom is -0.466 e. The van der Waals surface area contributed by atoms with Crippen LogP contribution >= 0.6 is 11.6 Å². The fourth-order valence-electron chi connectivity index (χ4n) is 2.57. The lowest BCUT2D eigenvalue weighted by atomic mass is 10.1. The van der Waals surface area contributed by atoms with Gasteiger partial charge in [0.15, 0.2) is 0 Å². The Balaban J connectivity index is 1.88. The molecule has 0 bridgehead atoms. The predicted octanol–water partition coefficient (Wildman–Crippen LogP) is 3.94. The Hall–Kier alpha value is -2.86.